The van der Waals surface area contributed by atoms with Crippen LogP contribution in [0.2, 0.25) is 0 Å². The quantitative estimate of drug-likeness (QED) is 0.901. The minimum Gasteiger partial charge on any atom is -0.497 e. The minimum absolute atomic E-state index is 0.351. The second kappa shape index (κ2) is 4.32. The van der Waals surface area contributed by atoms with E-state index in [-0.39, 0.29) is 5.54 Å². The highest BCUT2D eigenvalue weighted by molar-refractivity contribution is 5.83. The van der Waals surface area contributed by atoms with Crippen molar-refractivity contribution in [3.05, 3.63) is 30.0 Å². The third-order valence-corrected chi connectivity index (χ3v) is 3.22. The fraction of sp³-hybridized carbons (Fsp3) is 0.467. The molecule has 0 saturated carbocycles. The van der Waals surface area contributed by atoms with E-state index in [1.807, 2.05) is 19.9 Å². The molecular weight excluding hydrogens is 224 g/mol. The topological polar surface area (TPSA) is 40.2 Å². The van der Waals surface area contributed by atoms with Crippen LogP contribution in [0.3, 0.4) is 0 Å². The van der Waals surface area contributed by atoms with Gasteiger partial charge in [-0.25, -0.2) is 0 Å². The molecule has 0 spiro atoms. The molecule has 0 aliphatic carbocycles. The first kappa shape index (κ1) is 13.0. The Hall–Kier alpha value is -1.48. The molecule has 0 amide bonds. The van der Waals surface area contributed by atoms with Crippen LogP contribution < -0.4 is 10.5 Å². The van der Waals surface area contributed by atoms with Gasteiger partial charge < -0.3 is 15.0 Å². The van der Waals surface area contributed by atoms with Crippen molar-refractivity contribution in [2.75, 3.05) is 7.11 Å². The first-order chi connectivity index (χ1) is 8.34. The Kier molecular flexibility index (Phi) is 3.11. The number of nitrogens with two attached hydrogens (primary N) is 1. The monoisotopic (exact) mass is 246 g/mol. The summed E-state index contributed by atoms with van der Waals surface area (Å²) in [5.41, 5.74) is 8.29. The summed E-state index contributed by atoms with van der Waals surface area (Å²) < 4.78 is 7.58. The lowest BCUT2D eigenvalue weighted by molar-refractivity contribution is 0.415. The smallest absolute Gasteiger partial charge is 0.119 e. The van der Waals surface area contributed by atoms with E-state index in [4.69, 9.17) is 10.5 Å². The highest BCUT2D eigenvalue weighted by Crippen LogP contribution is 2.31. The average molecular weight is 246 g/mol. The van der Waals surface area contributed by atoms with Crippen LogP contribution in [0.15, 0.2) is 24.3 Å². The maximum absolute atomic E-state index is 6.28. The van der Waals surface area contributed by atoms with E-state index in [1.54, 1.807) is 7.11 Å². The molecule has 0 fully saturated rings. The Morgan fingerprint density at radius 2 is 1.89 bits per heavy atom. The van der Waals surface area contributed by atoms with Gasteiger partial charge in [-0.1, -0.05) is 0 Å². The van der Waals surface area contributed by atoms with Crippen molar-refractivity contribution in [3.8, 4) is 5.75 Å². The van der Waals surface area contributed by atoms with E-state index in [2.05, 4.69) is 36.6 Å². The van der Waals surface area contributed by atoms with Gasteiger partial charge in [0.1, 0.15) is 5.75 Å². The molecular formula is C15H22N2O. The van der Waals surface area contributed by atoms with Gasteiger partial charge in [-0.15, -0.1) is 0 Å². The Morgan fingerprint density at radius 3 is 2.39 bits per heavy atom. The number of methoxy groups -OCH3 is 1. The van der Waals surface area contributed by atoms with Crippen molar-refractivity contribution >= 4 is 10.9 Å². The molecule has 0 aliphatic heterocycles. The van der Waals surface area contributed by atoms with Gasteiger partial charge in [0.25, 0.3) is 0 Å². The summed E-state index contributed by atoms with van der Waals surface area (Å²) >= 11 is 0. The van der Waals surface area contributed by atoms with Gasteiger partial charge >= 0.3 is 0 Å². The number of ether oxygens (including phenoxy) is 1. The molecule has 0 unspecified atom stereocenters. The molecule has 0 saturated heterocycles. The van der Waals surface area contributed by atoms with Gasteiger partial charge in [0.2, 0.25) is 0 Å². The van der Waals surface area contributed by atoms with Gasteiger partial charge in [0, 0.05) is 22.6 Å². The van der Waals surface area contributed by atoms with Crippen LogP contribution in [0, 0.1) is 0 Å². The molecule has 0 atom stereocenters. The molecule has 0 aliphatic rings. The zero-order valence-electron chi connectivity index (χ0n) is 11.8. The molecule has 1 aromatic carbocycles. The van der Waals surface area contributed by atoms with Crippen LogP contribution in [-0.4, -0.2) is 11.7 Å². The summed E-state index contributed by atoms with van der Waals surface area (Å²) in [4.78, 5) is 0. The summed E-state index contributed by atoms with van der Waals surface area (Å²) in [6, 6.07) is 8.70. The third kappa shape index (κ3) is 2.10. The van der Waals surface area contributed by atoms with Crippen LogP contribution >= 0.6 is 0 Å². The molecule has 3 heteroatoms. The first-order valence-electron chi connectivity index (χ1n) is 6.33. The third-order valence-electron chi connectivity index (χ3n) is 3.22. The van der Waals surface area contributed by atoms with Gasteiger partial charge in [-0.3, -0.25) is 0 Å². The fourth-order valence-electron chi connectivity index (χ4n) is 2.39. The van der Waals surface area contributed by atoms with Crippen molar-refractivity contribution in [2.24, 2.45) is 5.73 Å². The normalized spacial score (nSPS) is 12.4. The summed E-state index contributed by atoms with van der Waals surface area (Å²) in [6.07, 6.45) is 0. The molecule has 1 heterocycles. The highest BCUT2D eigenvalue weighted by Gasteiger charge is 2.22. The average Bonchev–Trinajstić information content (AvgIpc) is 2.66. The zero-order chi connectivity index (χ0) is 13.5. The summed E-state index contributed by atoms with van der Waals surface area (Å²) in [7, 11) is 1.69. The Bertz CT molecular complexity index is 562. The second-order valence-corrected chi connectivity index (χ2v) is 5.64. The maximum Gasteiger partial charge on any atom is 0.119 e. The second-order valence-electron chi connectivity index (χ2n) is 5.64. The number of aromatic nitrogens is 1. The van der Waals surface area contributed by atoms with E-state index in [0.717, 1.165) is 11.4 Å². The van der Waals surface area contributed by atoms with E-state index >= 15 is 0 Å². The van der Waals surface area contributed by atoms with E-state index in [9.17, 15) is 0 Å². The number of nitrogens with zero attached hydrogens (tertiary/aromatic N) is 1. The lowest BCUT2D eigenvalue weighted by atomic mass is 10.0. The van der Waals surface area contributed by atoms with Crippen LogP contribution in [0.5, 0.6) is 5.75 Å². The maximum atomic E-state index is 6.28. The summed E-state index contributed by atoms with van der Waals surface area (Å²) in [5, 5.41) is 1.18. The van der Waals surface area contributed by atoms with Crippen molar-refractivity contribution in [1.29, 1.82) is 0 Å². The van der Waals surface area contributed by atoms with Crippen LogP contribution in [0.4, 0.5) is 0 Å². The minimum atomic E-state index is -0.351. The molecule has 18 heavy (non-hydrogen) atoms. The molecule has 2 aromatic rings. The van der Waals surface area contributed by atoms with Crippen molar-refractivity contribution in [2.45, 2.75) is 39.3 Å². The summed E-state index contributed by atoms with van der Waals surface area (Å²) in [6.45, 7) is 8.44. The Labute approximate surface area is 109 Å². The Balaban J connectivity index is 2.75. The number of hydrogen-bond acceptors (Lipinski definition) is 2. The molecule has 98 valence electrons. The largest absolute Gasteiger partial charge is 0.497 e. The zero-order valence-corrected chi connectivity index (χ0v) is 11.8. The number of rotatable bonds is 3. The fourth-order valence-corrected chi connectivity index (χ4v) is 2.39. The van der Waals surface area contributed by atoms with E-state index < -0.39 is 0 Å². The van der Waals surface area contributed by atoms with E-state index in [0.29, 0.717) is 6.04 Å². The van der Waals surface area contributed by atoms with Crippen LogP contribution in [-0.2, 0) is 5.54 Å². The SMILES string of the molecule is COc1ccc2c(c1)cc(C(C)(C)N)n2C(C)C. The molecule has 0 radical (unpaired) electrons. The standard InChI is InChI=1S/C15H22N2O/c1-10(2)17-13-7-6-12(18-5)8-11(13)9-14(17)15(3,4)16/h6-10H,16H2,1-5H3. The number of hydrogen-bond donors (Lipinski definition) is 1. The van der Waals surface area contributed by atoms with Gasteiger partial charge in [-0.05, 0) is 52.0 Å². The lowest BCUT2D eigenvalue weighted by Gasteiger charge is -2.24. The van der Waals surface area contributed by atoms with E-state index in [1.165, 1.54) is 10.9 Å². The molecule has 2 rings (SSSR count). The van der Waals surface area contributed by atoms with Gasteiger partial charge in [0.15, 0.2) is 0 Å². The van der Waals surface area contributed by atoms with Crippen LogP contribution in [0.1, 0.15) is 39.4 Å². The van der Waals surface area contributed by atoms with Gasteiger partial charge in [0.05, 0.1) is 12.6 Å². The molecule has 1 aromatic heterocycles. The molecule has 2 N–H and O–H groups in total. The van der Waals surface area contributed by atoms with Gasteiger partial charge in [-0.2, -0.15) is 0 Å². The molecule has 0 bridgehead atoms. The molecule has 3 nitrogen and oxygen atoms in total. The Morgan fingerprint density at radius 1 is 1.22 bits per heavy atom. The number of benzene rings is 1. The predicted molar refractivity (Wildman–Crippen MR) is 76.1 cm³/mol. The van der Waals surface area contributed by atoms with Crippen molar-refractivity contribution < 1.29 is 4.74 Å². The predicted octanol–water partition coefficient (Wildman–Crippen LogP) is 3.42. The van der Waals surface area contributed by atoms with Crippen LogP contribution in [0.25, 0.3) is 10.9 Å². The summed E-state index contributed by atoms with van der Waals surface area (Å²) in [5.74, 6) is 0.879. The highest BCUT2D eigenvalue weighted by atomic mass is 16.5. The van der Waals surface area contributed by atoms with Crippen molar-refractivity contribution in [3.63, 3.8) is 0 Å². The number of fused-ring (bicyclic) bond motifs is 1. The lowest BCUT2D eigenvalue weighted by Crippen LogP contribution is -2.32. The first-order valence-corrected chi connectivity index (χ1v) is 6.33. The van der Waals surface area contributed by atoms with Crippen molar-refractivity contribution in [1.82, 2.24) is 4.57 Å².